The second-order valence-electron chi connectivity index (χ2n) is 6.76. The van der Waals surface area contributed by atoms with Gasteiger partial charge in [0.05, 0.1) is 16.7 Å². The Balaban J connectivity index is 1.57. The number of hydrogen-bond donors (Lipinski definition) is 2. The van der Waals surface area contributed by atoms with E-state index >= 15 is 0 Å². The number of carbonyl (C=O) groups is 2. The number of aromatic carboxylic acids is 1. The van der Waals surface area contributed by atoms with Crippen LogP contribution >= 0.6 is 0 Å². The van der Waals surface area contributed by atoms with Gasteiger partial charge in [-0.05, 0) is 43.2 Å². The molecule has 1 saturated heterocycles. The Hall–Kier alpha value is -3.11. The fourth-order valence-corrected chi connectivity index (χ4v) is 4.64. The van der Waals surface area contributed by atoms with E-state index < -0.39 is 27.7 Å². The molecule has 10 heteroatoms. The zero-order valence-corrected chi connectivity index (χ0v) is 16.7. The van der Waals surface area contributed by atoms with Crippen molar-refractivity contribution in [1.82, 2.24) is 9.73 Å². The molecule has 0 saturated carbocycles. The van der Waals surface area contributed by atoms with Crippen LogP contribution in [0, 0.1) is 11.7 Å². The van der Waals surface area contributed by atoms with Gasteiger partial charge in [0.2, 0.25) is 15.9 Å². The van der Waals surface area contributed by atoms with Crippen molar-refractivity contribution in [1.29, 1.82) is 0 Å². The molecule has 0 aromatic heterocycles. The molecule has 2 aromatic carbocycles. The van der Waals surface area contributed by atoms with E-state index in [0.717, 1.165) is 12.1 Å². The molecular formula is C20H20FN3O5S. The summed E-state index contributed by atoms with van der Waals surface area (Å²) >= 11 is 0. The number of rotatable bonds is 6. The zero-order chi connectivity index (χ0) is 21.7. The average molecular weight is 433 g/mol. The highest BCUT2D eigenvalue weighted by atomic mass is 32.2. The highest BCUT2D eigenvalue weighted by Gasteiger charge is 2.32. The van der Waals surface area contributed by atoms with Crippen molar-refractivity contribution in [3.8, 4) is 0 Å². The summed E-state index contributed by atoms with van der Waals surface area (Å²) < 4.78 is 39.6. The Morgan fingerprint density at radius 1 is 1.10 bits per heavy atom. The maximum Gasteiger partial charge on any atom is 0.336 e. The molecule has 8 nitrogen and oxygen atoms in total. The minimum Gasteiger partial charge on any atom is -0.478 e. The Kier molecular flexibility index (Phi) is 6.58. The number of amides is 1. The van der Waals surface area contributed by atoms with Gasteiger partial charge in [-0.15, -0.1) is 0 Å². The standard InChI is InChI=1S/C20H20FN3O5S/c21-16-5-7-17(8-6-16)30(28,29)24-11-9-14(10-12-24)19(25)23-22-13-15-3-1-2-4-18(15)20(26)27/h1-8,13-14H,9-12H2,(H,23,25)(H,26,27)/b22-13-. The number of nitrogens with one attached hydrogen (secondary N) is 1. The van der Waals surface area contributed by atoms with Crippen LogP contribution in [0.3, 0.4) is 0 Å². The molecular weight excluding hydrogens is 413 g/mol. The van der Waals surface area contributed by atoms with Gasteiger partial charge in [0, 0.05) is 24.6 Å². The number of benzene rings is 2. The molecule has 0 radical (unpaired) electrons. The summed E-state index contributed by atoms with van der Waals surface area (Å²) in [5.41, 5.74) is 2.80. The average Bonchev–Trinajstić information content (AvgIpc) is 2.74. The molecule has 3 rings (SSSR count). The lowest BCUT2D eigenvalue weighted by Crippen LogP contribution is -2.42. The molecule has 0 unspecified atom stereocenters. The van der Waals surface area contributed by atoms with E-state index in [0.29, 0.717) is 18.4 Å². The number of carboxylic acid groups (broad SMARTS) is 1. The van der Waals surface area contributed by atoms with Gasteiger partial charge >= 0.3 is 5.97 Å². The van der Waals surface area contributed by atoms with Crippen molar-refractivity contribution in [2.24, 2.45) is 11.0 Å². The lowest BCUT2D eigenvalue weighted by Gasteiger charge is -2.30. The topological polar surface area (TPSA) is 116 Å². The van der Waals surface area contributed by atoms with Crippen molar-refractivity contribution in [3.63, 3.8) is 0 Å². The third-order valence-corrected chi connectivity index (χ3v) is 6.76. The Labute approximate surface area is 173 Å². The highest BCUT2D eigenvalue weighted by Crippen LogP contribution is 2.24. The summed E-state index contributed by atoms with van der Waals surface area (Å²) in [5.74, 6) is -2.40. The van der Waals surface area contributed by atoms with Gasteiger partial charge in [-0.1, -0.05) is 18.2 Å². The van der Waals surface area contributed by atoms with Crippen molar-refractivity contribution in [2.45, 2.75) is 17.7 Å². The number of piperidine rings is 1. The quantitative estimate of drug-likeness (QED) is 0.534. The number of hydrogen-bond acceptors (Lipinski definition) is 5. The summed E-state index contributed by atoms with van der Waals surface area (Å²) in [6, 6.07) is 10.9. The third-order valence-electron chi connectivity index (χ3n) is 4.85. The van der Waals surface area contributed by atoms with Crippen molar-refractivity contribution in [3.05, 3.63) is 65.5 Å². The second kappa shape index (κ2) is 9.14. The Bertz CT molecular complexity index is 1060. The van der Waals surface area contributed by atoms with Crippen LogP contribution in [0.15, 0.2) is 58.5 Å². The van der Waals surface area contributed by atoms with E-state index in [-0.39, 0.29) is 29.5 Å². The molecule has 1 heterocycles. The number of nitrogens with zero attached hydrogens (tertiary/aromatic N) is 2. The number of sulfonamides is 1. The summed E-state index contributed by atoms with van der Waals surface area (Å²) in [6.45, 7) is 0.312. The van der Waals surface area contributed by atoms with Gasteiger partial charge < -0.3 is 5.11 Å². The van der Waals surface area contributed by atoms with Crippen LogP contribution < -0.4 is 5.43 Å². The maximum atomic E-state index is 13.0. The Morgan fingerprint density at radius 3 is 2.37 bits per heavy atom. The molecule has 30 heavy (non-hydrogen) atoms. The first-order valence-corrected chi connectivity index (χ1v) is 10.6. The fourth-order valence-electron chi connectivity index (χ4n) is 3.18. The molecule has 1 fully saturated rings. The summed E-state index contributed by atoms with van der Waals surface area (Å²) in [7, 11) is -3.74. The van der Waals surface area contributed by atoms with Gasteiger partial charge in [-0.2, -0.15) is 9.41 Å². The summed E-state index contributed by atoms with van der Waals surface area (Å²) in [5, 5.41) is 13.0. The van der Waals surface area contributed by atoms with E-state index in [1.165, 1.54) is 28.7 Å². The lowest BCUT2D eigenvalue weighted by atomic mass is 9.98. The summed E-state index contributed by atoms with van der Waals surface area (Å²) in [6.07, 6.45) is 1.89. The van der Waals surface area contributed by atoms with Crippen LogP contribution in [0.4, 0.5) is 4.39 Å². The summed E-state index contributed by atoms with van der Waals surface area (Å²) in [4.78, 5) is 23.5. The van der Waals surface area contributed by atoms with E-state index in [1.54, 1.807) is 18.2 Å². The molecule has 0 atom stereocenters. The van der Waals surface area contributed by atoms with Gasteiger partial charge in [0.15, 0.2) is 0 Å². The lowest BCUT2D eigenvalue weighted by molar-refractivity contribution is -0.126. The van der Waals surface area contributed by atoms with Crippen molar-refractivity contribution in [2.75, 3.05) is 13.1 Å². The molecule has 0 aliphatic carbocycles. The number of halogens is 1. The third kappa shape index (κ3) is 4.89. The van der Waals surface area contributed by atoms with Crippen LogP contribution in [-0.4, -0.2) is 49.0 Å². The van der Waals surface area contributed by atoms with Crippen LogP contribution in [0.25, 0.3) is 0 Å². The molecule has 1 aliphatic rings. The minimum atomic E-state index is -3.74. The second-order valence-corrected chi connectivity index (χ2v) is 8.70. The van der Waals surface area contributed by atoms with Gasteiger partial charge in [0.1, 0.15) is 5.82 Å². The monoisotopic (exact) mass is 433 g/mol. The molecule has 1 amide bonds. The normalized spacial score (nSPS) is 15.9. The predicted octanol–water partition coefficient (Wildman–Crippen LogP) is 2.07. The van der Waals surface area contributed by atoms with Crippen molar-refractivity contribution < 1.29 is 27.5 Å². The first-order valence-electron chi connectivity index (χ1n) is 9.20. The smallest absolute Gasteiger partial charge is 0.336 e. The van der Waals surface area contributed by atoms with Crippen LogP contribution in [0.2, 0.25) is 0 Å². The molecule has 0 spiro atoms. The van der Waals surface area contributed by atoms with E-state index in [9.17, 15) is 22.4 Å². The van der Waals surface area contributed by atoms with Crippen LogP contribution in [-0.2, 0) is 14.8 Å². The maximum absolute atomic E-state index is 13.0. The predicted molar refractivity (Wildman–Crippen MR) is 107 cm³/mol. The Morgan fingerprint density at radius 2 is 1.73 bits per heavy atom. The molecule has 0 bridgehead atoms. The van der Waals surface area contributed by atoms with E-state index in [1.807, 2.05) is 0 Å². The van der Waals surface area contributed by atoms with Crippen molar-refractivity contribution >= 4 is 28.1 Å². The highest BCUT2D eigenvalue weighted by molar-refractivity contribution is 7.89. The van der Waals surface area contributed by atoms with Gasteiger partial charge in [-0.3, -0.25) is 4.79 Å². The van der Waals surface area contributed by atoms with E-state index in [2.05, 4.69) is 10.5 Å². The molecule has 158 valence electrons. The fraction of sp³-hybridized carbons (Fsp3) is 0.250. The SMILES string of the molecule is O=C(O)c1ccccc1/C=N\NC(=O)C1CCN(S(=O)(=O)c2ccc(F)cc2)CC1. The number of hydrazone groups is 1. The number of carboxylic acids is 1. The largest absolute Gasteiger partial charge is 0.478 e. The molecule has 2 aromatic rings. The number of carbonyl (C=O) groups excluding carboxylic acids is 1. The first-order chi connectivity index (χ1) is 14.3. The first kappa shape index (κ1) is 21.6. The zero-order valence-electron chi connectivity index (χ0n) is 15.9. The molecule has 2 N–H and O–H groups in total. The van der Waals surface area contributed by atoms with Crippen LogP contribution in [0.1, 0.15) is 28.8 Å². The van der Waals surface area contributed by atoms with E-state index in [4.69, 9.17) is 5.11 Å². The van der Waals surface area contributed by atoms with Crippen LogP contribution in [0.5, 0.6) is 0 Å². The minimum absolute atomic E-state index is 0.00787. The molecule has 1 aliphatic heterocycles. The van der Waals surface area contributed by atoms with Gasteiger partial charge in [-0.25, -0.2) is 23.0 Å². The van der Waals surface area contributed by atoms with Gasteiger partial charge in [0.25, 0.3) is 0 Å².